The summed E-state index contributed by atoms with van der Waals surface area (Å²) in [5.41, 5.74) is 0. The molecule has 0 aliphatic rings. The van der Waals surface area contributed by atoms with Crippen molar-refractivity contribution in [3.05, 3.63) is 0 Å². The Labute approximate surface area is 308 Å². The van der Waals surface area contributed by atoms with Crippen molar-refractivity contribution in [1.82, 2.24) is 0 Å². The van der Waals surface area contributed by atoms with Crippen LogP contribution in [0.2, 0.25) is 0 Å². The Morgan fingerprint density at radius 1 is 0.196 bits per heavy atom. The van der Waals surface area contributed by atoms with Crippen LogP contribution in [0.4, 0.5) is 0 Å². The van der Waals surface area contributed by atoms with Crippen molar-refractivity contribution in [3.63, 3.8) is 0 Å². The molecule has 0 amide bonds. The molecule has 0 aromatic heterocycles. The molecule has 0 fully saturated rings. The van der Waals surface area contributed by atoms with E-state index in [9.17, 15) is 0 Å². The van der Waals surface area contributed by atoms with Gasteiger partial charge >= 0.3 is 0 Å². The lowest BCUT2D eigenvalue weighted by Crippen LogP contribution is -2.15. The van der Waals surface area contributed by atoms with E-state index in [1.165, 1.54) is 0 Å². The highest BCUT2D eigenvalue weighted by molar-refractivity contribution is 7.89. The van der Waals surface area contributed by atoms with Gasteiger partial charge in [0.2, 0.25) is 0 Å². The zero-order valence-electron chi connectivity index (χ0n) is 30.5. The van der Waals surface area contributed by atoms with E-state index < -0.39 is 0 Å². The van der Waals surface area contributed by atoms with Crippen molar-refractivity contribution in [2.24, 2.45) is 0 Å². The molecule has 0 spiro atoms. The predicted molar refractivity (Wildman–Crippen MR) is 185 cm³/mol. The van der Waals surface area contributed by atoms with Gasteiger partial charge in [-0.05, 0) is 0 Å². The average Bonchev–Trinajstić information content (AvgIpc) is 3.14. The molecule has 0 aliphatic heterocycles. The van der Waals surface area contributed by atoms with E-state index >= 15 is 0 Å². The van der Waals surface area contributed by atoms with Crippen molar-refractivity contribution < 1.29 is 84.9 Å². The molecule has 0 radical (unpaired) electrons. The summed E-state index contributed by atoms with van der Waals surface area (Å²) >= 11 is 0.917. The van der Waals surface area contributed by atoms with Gasteiger partial charge in [-0.15, -0.1) is 0 Å². The quantitative estimate of drug-likeness (QED) is 0.0611. The lowest BCUT2D eigenvalue weighted by Gasteiger charge is -2.08. The lowest BCUT2D eigenvalue weighted by molar-refractivity contribution is -0.0223. The second kappa shape index (κ2) is 49.6. The van der Waals surface area contributed by atoms with Crippen LogP contribution in [0, 0.1) is 0 Å². The maximum Gasteiger partial charge on any atom is 0.158 e. The van der Waals surface area contributed by atoms with E-state index in [1.807, 2.05) is 0 Å². The summed E-state index contributed by atoms with van der Waals surface area (Å²) < 4.78 is 85.7. The Kier molecular flexibility index (Phi) is 49.3. The molecule has 0 rings (SSSR count). The first-order valence-corrected chi connectivity index (χ1v) is 18.3. The van der Waals surface area contributed by atoms with E-state index in [-0.39, 0.29) is 13.2 Å². The van der Waals surface area contributed by atoms with Gasteiger partial charge in [-0.25, -0.2) is 0 Å². The van der Waals surface area contributed by atoms with Gasteiger partial charge in [0.25, 0.3) is 0 Å². The first-order chi connectivity index (χ1) is 25.4. The second-order valence-corrected chi connectivity index (χ2v) is 10.3. The molecule has 0 unspecified atom stereocenters. The lowest BCUT2D eigenvalue weighted by atomic mass is 10.6. The molecule has 0 bridgehead atoms. The van der Waals surface area contributed by atoms with Crippen LogP contribution in [-0.2, 0) is 74.7 Å². The van der Waals surface area contributed by atoms with Crippen molar-refractivity contribution in [2.75, 3.05) is 211 Å². The summed E-state index contributed by atoms with van der Waals surface area (Å²) in [4.78, 5) is 0. The summed E-state index contributed by atoms with van der Waals surface area (Å²) in [6.45, 7) is 14.0. The molecule has 0 aromatic carbocycles. The molecule has 0 heterocycles. The summed E-state index contributed by atoms with van der Waals surface area (Å²) in [6.07, 6.45) is 0. The molecular formula is C32H66O18S. The second-order valence-electron chi connectivity index (χ2n) is 9.73. The zero-order chi connectivity index (χ0) is 36.6. The molecule has 308 valence electrons. The summed E-state index contributed by atoms with van der Waals surface area (Å²) in [7, 11) is 0. The maximum atomic E-state index is 8.58. The van der Waals surface area contributed by atoms with Crippen LogP contribution in [0.1, 0.15) is 0 Å². The minimum atomic E-state index is 0.0198. The molecule has 51 heavy (non-hydrogen) atoms. The first-order valence-electron chi connectivity index (χ1n) is 17.6. The summed E-state index contributed by atoms with van der Waals surface area (Å²) in [5, 5.41) is 17.2. The van der Waals surface area contributed by atoms with E-state index in [0.717, 1.165) is 12.3 Å². The van der Waals surface area contributed by atoms with Crippen molar-refractivity contribution in [2.45, 2.75) is 0 Å². The molecular weight excluding hydrogens is 704 g/mol. The third-order valence-electron chi connectivity index (χ3n) is 5.65. The van der Waals surface area contributed by atoms with Crippen molar-refractivity contribution >= 4 is 12.3 Å². The predicted octanol–water partition coefficient (Wildman–Crippen LogP) is -0.200. The Morgan fingerprint density at radius 2 is 0.333 bits per heavy atom. The smallest absolute Gasteiger partial charge is 0.158 e. The molecule has 2 N–H and O–H groups in total. The van der Waals surface area contributed by atoms with E-state index in [2.05, 4.69) is 0 Å². The molecule has 18 nitrogen and oxygen atoms in total. The highest BCUT2D eigenvalue weighted by Gasteiger charge is 1.98. The van der Waals surface area contributed by atoms with Gasteiger partial charge in [0.15, 0.2) is 12.3 Å². The van der Waals surface area contributed by atoms with Gasteiger partial charge in [0.05, 0.1) is 211 Å². The van der Waals surface area contributed by atoms with Crippen LogP contribution in [0.3, 0.4) is 0 Å². The average molecular weight is 771 g/mol. The van der Waals surface area contributed by atoms with Gasteiger partial charge < -0.3 is 76.5 Å². The van der Waals surface area contributed by atoms with Crippen LogP contribution in [-0.4, -0.2) is 222 Å². The Balaban J connectivity index is 3.04. The Bertz CT molecular complexity index is 556. The number of aliphatic hydroxyl groups is 2. The summed E-state index contributed by atoms with van der Waals surface area (Å²) in [6, 6.07) is 0. The van der Waals surface area contributed by atoms with Gasteiger partial charge in [0.1, 0.15) is 0 Å². The van der Waals surface area contributed by atoms with Gasteiger partial charge in [-0.3, -0.25) is 8.37 Å². The third kappa shape index (κ3) is 49.6. The SMILES string of the molecule is OCCOCCOCCOCCOCCOCCOCCOCCOSOCCOCCOCCOCCOCCOCCOCCOCCO. The Hall–Kier alpha value is -0.370. The standard InChI is InChI=1S/C32H66O18S/c33-1-3-35-5-7-37-9-11-39-13-15-41-17-19-43-21-23-45-25-27-47-29-31-49-51-50-32-30-48-28-26-46-24-22-44-20-18-42-16-14-40-12-10-38-8-6-36-4-2-34/h33-34H,1-32H2. The van der Waals surface area contributed by atoms with Gasteiger partial charge in [-0.2, -0.15) is 0 Å². The highest BCUT2D eigenvalue weighted by atomic mass is 32.2. The summed E-state index contributed by atoms with van der Waals surface area (Å²) in [5.74, 6) is 0. The number of hydrogen-bond acceptors (Lipinski definition) is 19. The number of aliphatic hydroxyl groups excluding tert-OH is 2. The topological polar surface area (TPSA) is 188 Å². The molecule has 0 saturated heterocycles. The van der Waals surface area contributed by atoms with E-state index in [4.69, 9.17) is 84.9 Å². The normalized spacial score (nSPS) is 11.6. The fourth-order valence-corrected chi connectivity index (χ4v) is 3.60. The largest absolute Gasteiger partial charge is 0.394 e. The van der Waals surface area contributed by atoms with Crippen LogP contribution < -0.4 is 0 Å². The van der Waals surface area contributed by atoms with E-state index in [0.29, 0.717) is 198 Å². The minimum absolute atomic E-state index is 0.0198. The number of rotatable bonds is 48. The van der Waals surface area contributed by atoms with Crippen LogP contribution in [0.15, 0.2) is 0 Å². The van der Waals surface area contributed by atoms with Gasteiger partial charge in [-0.1, -0.05) is 0 Å². The number of ether oxygens (including phenoxy) is 14. The molecule has 0 atom stereocenters. The first kappa shape index (κ1) is 50.6. The van der Waals surface area contributed by atoms with E-state index in [1.54, 1.807) is 0 Å². The maximum absolute atomic E-state index is 8.58. The zero-order valence-corrected chi connectivity index (χ0v) is 31.3. The molecule has 0 aromatic rings. The minimum Gasteiger partial charge on any atom is -0.394 e. The highest BCUT2D eigenvalue weighted by Crippen LogP contribution is 2.03. The molecule has 19 heteroatoms. The molecule has 0 saturated carbocycles. The number of hydrogen-bond donors (Lipinski definition) is 2. The fourth-order valence-electron chi connectivity index (χ4n) is 3.26. The third-order valence-corrected chi connectivity index (χ3v) is 6.18. The van der Waals surface area contributed by atoms with Crippen LogP contribution in [0.5, 0.6) is 0 Å². The van der Waals surface area contributed by atoms with Crippen molar-refractivity contribution in [1.29, 1.82) is 0 Å². The fraction of sp³-hybridized carbons (Fsp3) is 1.00. The van der Waals surface area contributed by atoms with Crippen molar-refractivity contribution in [3.8, 4) is 0 Å². The van der Waals surface area contributed by atoms with Crippen LogP contribution >= 0.6 is 12.3 Å². The molecule has 0 aliphatic carbocycles. The monoisotopic (exact) mass is 770 g/mol. The van der Waals surface area contributed by atoms with Crippen LogP contribution in [0.25, 0.3) is 0 Å². The van der Waals surface area contributed by atoms with Gasteiger partial charge in [0, 0.05) is 0 Å². The Morgan fingerprint density at radius 3 is 0.490 bits per heavy atom.